The number of hydrogen-bond donors (Lipinski definition) is 4. The van der Waals surface area contributed by atoms with E-state index in [4.69, 9.17) is 17.4 Å². The van der Waals surface area contributed by atoms with Crippen molar-refractivity contribution in [3.63, 3.8) is 0 Å². The number of terminal acetylenes is 1. The summed E-state index contributed by atoms with van der Waals surface area (Å²) in [4.78, 5) is 23.7. The molecule has 0 aliphatic rings. The van der Waals surface area contributed by atoms with E-state index in [1.54, 1.807) is 0 Å². The second kappa shape index (κ2) is 8.06. The van der Waals surface area contributed by atoms with Gasteiger partial charge in [0.05, 0.1) is 0 Å². The Hall–Kier alpha value is -2.94. The lowest BCUT2D eigenvalue weighted by Gasteiger charge is -2.32. The van der Waals surface area contributed by atoms with Crippen LogP contribution in [0.15, 0.2) is 24.3 Å². The Morgan fingerprint density at radius 1 is 1.33 bits per heavy atom. The lowest BCUT2D eigenvalue weighted by atomic mass is 9.92. The Balaban J connectivity index is 3.01. The molecule has 1 unspecified atom stereocenters. The molecule has 1 aromatic rings. The number of benzene rings is 1. The van der Waals surface area contributed by atoms with E-state index >= 15 is 0 Å². The van der Waals surface area contributed by atoms with Crippen molar-refractivity contribution in [2.24, 2.45) is 5.73 Å². The summed E-state index contributed by atoms with van der Waals surface area (Å²) in [6.45, 7) is 0.885. The molecule has 2 atom stereocenters. The van der Waals surface area contributed by atoms with E-state index in [0.717, 1.165) is 6.92 Å². The van der Waals surface area contributed by atoms with Crippen LogP contribution >= 0.6 is 0 Å². The van der Waals surface area contributed by atoms with Crippen LogP contribution in [0.3, 0.4) is 0 Å². The molecule has 0 aliphatic heterocycles. The summed E-state index contributed by atoms with van der Waals surface area (Å²) in [5, 5.41) is 10.8. The minimum Gasteiger partial charge on any atom is -0.338 e. The molecule has 8 heteroatoms. The highest BCUT2D eigenvalue weighted by atomic mass is 19.3. The molecule has 0 heterocycles. The first-order valence-corrected chi connectivity index (χ1v) is 6.62. The summed E-state index contributed by atoms with van der Waals surface area (Å²) in [5.74, 6) is 5.08. The number of carbonyl (C=O) groups excluding carboxylic acids is 2. The normalized spacial score (nSPS) is 13.7. The third kappa shape index (κ3) is 4.53. The van der Waals surface area contributed by atoms with Crippen molar-refractivity contribution in [2.75, 3.05) is 0 Å². The van der Waals surface area contributed by atoms with Crippen molar-refractivity contribution in [1.29, 1.82) is 0 Å². The second-order valence-electron chi connectivity index (χ2n) is 5.02. The average molecular weight is 335 g/mol. The highest BCUT2D eigenvalue weighted by Crippen LogP contribution is 2.17. The molecule has 0 spiro atoms. The van der Waals surface area contributed by atoms with E-state index in [0.29, 0.717) is 5.56 Å². The van der Waals surface area contributed by atoms with Crippen LogP contribution in [-0.2, 0) is 4.79 Å². The van der Waals surface area contributed by atoms with Crippen molar-refractivity contribution in [2.45, 2.75) is 24.9 Å². The summed E-state index contributed by atoms with van der Waals surface area (Å²) in [6.07, 6.45) is 1.87. The number of carbonyl (C=O) groups is 2. The zero-order valence-electron chi connectivity index (χ0n) is 12.6. The van der Waals surface area contributed by atoms with Crippen molar-refractivity contribution in [3.8, 4) is 24.2 Å². The van der Waals surface area contributed by atoms with Crippen molar-refractivity contribution in [3.05, 3.63) is 35.4 Å². The third-order valence-corrected chi connectivity index (χ3v) is 3.17. The SMILES string of the molecule is C#CC#Cc1ccc(C(=O)N[C@H](C(=O)NO)C(C)(N)C(F)F)cc1. The Bertz CT molecular complexity index is 713. The molecule has 126 valence electrons. The third-order valence-electron chi connectivity index (χ3n) is 3.17. The van der Waals surface area contributed by atoms with Gasteiger partial charge in [0.2, 0.25) is 0 Å². The van der Waals surface area contributed by atoms with Crippen LogP contribution < -0.4 is 16.5 Å². The molecular formula is C16H15F2N3O3. The molecule has 1 aromatic carbocycles. The summed E-state index contributed by atoms with van der Waals surface area (Å²) in [5.41, 5.74) is 4.87. The summed E-state index contributed by atoms with van der Waals surface area (Å²) >= 11 is 0. The zero-order valence-corrected chi connectivity index (χ0v) is 12.6. The van der Waals surface area contributed by atoms with Gasteiger partial charge in [-0.1, -0.05) is 5.92 Å². The Morgan fingerprint density at radius 3 is 2.38 bits per heavy atom. The summed E-state index contributed by atoms with van der Waals surface area (Å²) < 4.78 is 26.0. The van der Waals surface area contributed by atoms with Gasteiger partial charge in [0.1, 0.15) is 11.6 Å². The topological polar surface area (TPSA) is 104 Å². The predicted octanol–water partition coefficient (Wildman–Crippen LogP) is 0.258. The maximum absolute atomic E-state index is 13.0. The summed E-state index contributed by atoms with van der Waals surface area (Å²) in [7, 11) is 0. The van der Waals surface area contributed by atoms with Crippen LogP contribution in [0.4, 0.5) is 8.78 Å². The minimum atomic E-state index is -3.12. The van der Waals surface area contributed by atoms with E-state index in [-0.39, 0.29) is 5.56 Å². The molecule has 6 nitrogen and oxygen atoms in total. The fourth-order valence-electron chi connectivity index (χ4n) is 1.72. The highest BCUT2D eigenvalue weighted by Gasteiger charge is 2.44. The minimum absolute atomic E-state index is 0.0852. The first kappa shape index (κ1) is 19.1. The molecule has 0 aliphatic carbocycles. The van der Waals surface area contributed by atoms with Gasteiger partial charge in [-0.25, -0.2) is 14.3 Å². The molecule has 0 saturated heterocycles. The van der Waals surface area contributed by atoms with Gasteiger partial charge in [-0.15, -0.1) is 6.42 Å². The number of alkyl halides is 2. The first-order valence-electron chi connectivity index (χ1n) is 6.62. The maximum atomic E-state index is 13.0. The molecule has 0 aromatic heterocycles. The number of hydroxylamine groups is 1. The number of halogens is 2. The van der Waals surface area contributed by atoms with E-state index in [1.807, 2.05) is 0 Å². The Morgan fingerprint density at radius 2 is 1.92 bits per heavy atom. The molecule has 1 rings (SSSR count). The molecular weight excluding hydrogens is 320 g/mol. The fraction of sp³-hybridized carbons (Fsp3) is 0.250. The number of nitrogens with one attached hydrogen (secondary N) is 2. The van der Waals surface area contributed by atoms with Gasteiger partial charge in [0.25, 0.3) is 18.2 Å². The fourth-order valence-corrected chi connectivity index (χ4v) is 1.72. The number of hydrogen-bond acceptors (Lipinski definition) is 4. The largest absolute Gasteiger partial charge is 0.338 e. The Kier molecular flexibility index (Phi) is 6.42. The van der Waals surface area contributed by atoms with Crippen LogP contribution in [0.5, 0.6) is 0 Å². The van der Waals surface area contributed by atoms with Gasteiger partial charge in [0.15, 0.2) is 0 Å². The van der Waals surface area contributed by atoms with Gasteiger partial charge in [-0.3, -0.25) is 14.8 Å². The van der Waals surface area contributed by atoms with Crippen molar-refractivity contribution in [1.82, 2.24) is 10.8 Å². The van der Waals surface area contributed by atoms with Crippen LogP contribution in [0.25, 0.3) is 0 Å². The van der Waals surface area contributed by atoms with E-state index in [1.165, 1.54) is 29.7 Å². The average Bonchev–Trinajstić information content (AvgIpc) is 2.57. The molecule has 0 radical (unpaired) electrons. The van der Waals surface area contributed by atoms with Crippen LogP contribution in [0.2, 0.25) is 0 Å². The van der Waals surface area contributed by atoms with Gasteiger partial charge < -0.3 is 11.1 Å². The molecule has 24 heavy (non-hydrogen) atoms. The molecule has 0 fully saturated rings. The van der Waals surface area contributed by atoms with Crippen LogP contribution in [0.1, 0.15) is 22.8 Å². The first-order chi connectivity index (χ1) is 11.2. The number of amides is 2. The van der Waals surface area contributed by atoms with E-state index < -0.39 is 29.8 Å². The van der Waals surface area contributed by atoms with Crippen LogP contribution in [-0.4, -0.2) is 35.0 Å². The van der Waals surface area contributed by atoms with E-state index in [9.17, 15) is 18.4 Å². The van der Waals surface area contributed by atoms with Crippen molar-refractivity contribution < 1.29 is 23.6 Å². The number of rotatable bonds is 5. The standard InChI is InChI=1S/C16H15F2N3O3/c1-3-4-5-10-6-8-11(9-7-10)13(22)20-12(14(23)21-24)16(2,19)15(17)18/h1,6-9,12,15,24H,19H2,2H3,(H,20,22)(H,21,23)/t12-,16?/m1/s1. The molecule has 2 amide bonds. The monoisotopic (exact) mass is 335 g/mol. The maximum Gasteiger partial charge on any atom is 0.268 e. The molecule has 0 saturated carbocycles. The van der Waals surface area contributed by atoms with Gasteiger partial charge in [0, 0.05) is 11.1 Å². The van der Waals surface area contributed by atoms with Crippen molar-refractivity contribution >= 4 is 11.8 Å². The molecule has 0 bridgehead atoms. The van der Waals surface area contributed by atoms with Gasteiger partial charge in [-0.05, 0) is 43.0 Å². The zero-order chi connectivity index (χ0) is 18.3. The Labute approximate surface area is 137 Å². The molecule has 5 N–H and O–H groups in total. The van der Waals surface area contributed by atoms with Crippen LogP contribution in [0, 0.1) is 24.2 Å². The summed E-state index contributed by atoms with van der Waals surface area (Å²) in [6, 6.07) is 3.89. The van der Waals surface area contributed by atoms with Gasteiger partial charge >= 0.3 is 0 Å². The smallest absolute Gasteiger partial charge is 0.268 e. The predicted molar refractivity (Wildman–Crippen MR) is 81.9 cm³/mol. The van der Waals surface area contributed by atoms with Gasteiger partial charge in [-0.2, -0.15) is 0 Å². The quantitative estimate of drug-likeness (QED) is 0.352. The number of nitrogens with two attached hydrogens (primary N) is 1. The highest BCUT2D eigenvalue weighted by molar-refractivity contribution is 5.98. The lowest BCUT2D eigenvalue weighted by molar-refractivity contribution is -0.134. The van der Waals surface area contributed by atoms with E-state index in [2.05, 4.69) is 23.1 Å². The lowest BCUT2D eigenvalue weighted by Crippen LogP contribution is -2.66. The second-order valence-corrected chi connectivity index (χ2v) is 5.02.